The van der Waals surface area contributed by atoms with Crippen LogP contribution in [0.25, 0.3) is 11.1 Å². The van der Waals surface area contributed by atoms with Gasteiger partial charge in [-0.3, -0.25) is 5.32 Å². The van der Waals surface area contributed by atoms with Gasteiger partial charge in [-0.25, -0.2) is 4.79 Å². The number of hydrogen-bond donors (Lipinski definition) is 2. The Balaban J connectivity index is 1.71. The first-order valence-corrected chi connectivity index (χ1v) is 8.40. The van der Waals surface area contributed by atoms with Gasteiger partial charge in [0.2, 0.25) is 0 Å². The van der Waals surface area contributed by atoms with Crippen LogP contribution in [0, 0.1) is 12.8 Å². The summed E-state index contributed by atoms with van der Waals surface area (Å²) < 4.78 is 5.66. The van der Waals surface area contributed by atoms with E-state index in [1.165, 1.54) is 0 Å². The van der Waals surface area contributed by atoms with Crippen molar-refractivity contribution in [1.29, 1.82) is 0 Å². The molecule has 2 N–H and O–H groups in total. The number of anilines is 1. The molecule has 1 saturated heterocycles. The average molecular weight is 323 g/mol. The Hall–Kier alpha value is -2.33. The third-order valence-electron chi connectivity index (χ3n) is 4.42. The maximum Gasteiger partial charge on any atom is 0.411 e. The summed E-state index contributed by atoms with van der Waals surface area (Å²) in [6, 6.07) is 17.8. The Morgan fingerprint density at radius 3 is 2.71 bits per heavy atom. The van der Waals surface area contributed by atoms with Crippen molar-refractivity contribution in [3.8, 4) is 11.1 Å². The van der Waals surface area contributed by atoms with Crippen LogP contribution in [0.3, 0.4) is 0 Å². The van der Waals surface area contributed by atoms with Crippen LogP contribution in [0.2, 0.25) is 0 Å². The zero-order chi connectivity index (χ0) is 16.8. The highest BCUT2D eigenvalue weighted by Crippen LogP contribution is 2.28. The lowest BCUT2D eigenvalue weighted by Crippen LogP contribution is -2.42. The second-order valence-corrected chi connectivity index (χ2v) is 6.02. The Bertz CT molecular complexity index is 672. The molecule has 4 heteroatoms. The van der Waals surface area contributed by atoms with Crippen molar-refractivity contribution in [3.63, 3.8) is 0 Å². The molecule has 3 rings (SSSR count). The summed E-state index contributed by atoms with van der Waals surface area (Å²) in [5.74, 6) is 0.272. The molecule has 0 aliphatic carbocycles. The van der Waals surface area contributed by atoms with E-state index in [0.29, 0.717) is 0 Å². The van der Waals surface area contributed by atoms with E-state index >= 15 is 0 Å². The first-order chi connectivity index (χ1) is 11.8. The molecule has 1 amide bonds. The maximum atomic E-state index is 12.4. The van der Waals surface area contributed by atoms with E-state index in [1.807, 2.05) is 54.6 Å². The minimum atomic E-state index is -0.399. The lowest BCUT2D eigenvalue weighted by molar-refractivity contribution is 0.0532. The number of amides is 1. The van der Waals surface area contributed by atoms with Crippen LogP contribution in [-0.4, -0.2) is 25.3 Å². The molecule has 1 aliphatic rings. The first-order valence-electron chi connectivity index (χ1n) is 8.40. The molecule has 4 nitrogen and oxygen atoms in total. The van der Waals surface area contributed by atoms with Crippen LogP contribution in [0.5, 0.6) is 0 Å². The molecule has 24 heavy (non-hydrogen) atoms. The summed E-state index contributed by atoms with van der Waals surface area (Å²) in [4.78, 5) is 12.4. The van der Waals surface area contributed by atoms with Crippen LogP contribution in [-0.2, 0) is 4.74 Å². The number of rotatable bonds is 4. The van der Waals surface area contributed by atoms with Gasteiger partial charge in [-0.05, 0) is 31.0 Å². The van der Waals surface area contributed by atoms with E-state index in [2.05, 4.69) is 17.6 Å². The monoisotopic (exact) mass is 323 g/mol. The third kappa shape index (κ3) is 3.95. The molecule has 1 fully saturated rings. The van der Waals surface area contributed by atoms with E-state index in [1.54, 1.807) is 0 Å². The summed E-state index contributed by atoms with van der Waals surface area (Å²) in [7, 11) is 0. The van der Waals surface area contributed by atoms with Crippen LogP contribution in [0.15, 0.2) is 54.6 Å². The van der Waals surface area contributed by atoms with Gasteiger partial charge >= 0.3 is 6.09 Å². The van der Waals surface area contributed by atoms with Gasteiger partial charge in [-0.1, -0.05) is 55.5 Å². The molecule has 1 radical (unpaired) electrons. The Kier molecular flexibility index (Phi) is 5.49. The van der Waals surface area contributed by atoms with E-state index in [9.17, 15) is 4.79 Å². The number of carbonyl (C=O) groups is 1. The molecule has 0 spiro atoms. The smallest absolute Gasteiger partial charge is 0.411 e. The molecule has 1 heterocycles. The second-order valence-electron chi connectivity index (χ2n) is 6.02. The van der Waals surface area contributed by atoms with Crippen molar-refractivity contribution in [2.45, 2.75) is 18.9 Å². The predicted octanol–water partition coefficient (Wildman–Crippen LogP) is 4.10. The fourth-order valence-corrected chi connectivity index (χ4v) is 3.08. The van der Waals surface area contributed by atoms with Gasteiger partial charge in [-0.15, -0.1) is 0 Å². The molecule has 1 aliphatic heterocycles. The van der Waals surface area contributed by atoms with Crippen molar-refractivity contribution >= 4 is 11.8 Å². The number of nitrogens with one attached hydrogen (secondary N) is 2. The van der Waals surface area contributed by atoms with Gasteiger partial charge in [0, 0.05) is 18.0 Å². The molecular formula is C20H23N2O2. The van der Waals surface area contributed by atoms with Crippen molar-refractivity contribution < 1.29 is 9.53 Å². The highest BCUT2D eigenvalue weighted by molar-refractivity contribution is 5.91. The van der Waals surface area contributed by atoms with Crippen molar-refractivity contribution in [1.82, 2.24) is 5.32 Å². The largest absolute Gasteiger partial charge is 0.446 e. The molecule has 0 saturated carbocycles. The van der Waals surface area contributed by atoms with E-state index in [0.717, 1.165) is 42.7 Å². The average Bonchev–Trinajstić information content (AvgIpc) is 2.63. The molecular weight excluding hydrogens is 300 g/mol. The topological polar surface area (TPSA) is 50.4 Å². The quantitative estimate of drug-likeness (QED) is 0.890. The Morgan fingerprint density at radius 1 is 1.17 bits per heavy atom. The van der Waals surface area contributed by atoms with E-state index in [-0.39, 0.29) is 12.0 Å². The van der Waals surface area contributed by atoms with Crippen LogP contribution < -0.4 is 10.6 Å². The molecule has 0 bridgehead atoms. The summed E-state index contributed by atoms with van der Waals surface area (Å²) in [6.07, 6.45) is 1.11. The van der Waals surface area contributed by atoms with Gasteiger partial charge in [0.15, 0.2) is 0 Å². The summed E-state index contributed by atoms with van der Waals surface area (Å²) >= 11 is 0. The number of benzene rings is 2. The highest BCUT2D eigenvalue weighted by atomic mass is 16.6. The predicted molar refractivity (Wildman–Crippen MR) is 96.7 cm³/mol. The molecule has 2 atom stereocenters. The lowest BCUT2D eigenvalue weighted by atomic mass is 9.94. The maximum absolute atomic E-state index is 12.4. The van der Waals surface area contributed by atoms with Gasteiger partial charge in [0.1, 0.15) is 6.10 Å². The van der Waals surface area contributed by atoms with Gasteiger partial charge in [0.25, 0.3) is 0 Å². The number of piperidine rings is 1. The fourth-order valence-electron chi connectivity index (χ4n) is 3.08. The molecule has 0 aromatic heterocycles. The standard InChI is InChI=1S/C20H23N2O2/c1-2-15-14-21-13-12-19(15)24-20(23)22-18-11-7-6-10-17(18)16-8-4-3-5-9-16/h3-11,15,19,21H,1-2,12-14H2,(H,22,23). The van der Waals surface area contributed by atoms with Crippen molar-refractivity contribution in [2.75, 3.05) is 18.4 Å². The number of carbonyl (C=O) groups excluding carboxylic acids is 1. The Labute approximate surface area is 143 Å². The van der Waals surface area contributed by atoms with Gasteiger partial charge in [-0.2, -0.15) is 0 Å². The van der Waals surface area contributed by atoms with Gasteiger partial charge in [0.05, 0.1) is 5.69 Å². The zero-order valence-electron chi connectivity index (χ0n) is 13.7. The SMILES string of the molecule is [CH2]CC1CNCCC1OC(=O)Nc1ccccc1-c1ccccc1. The zero-order valence-corrected chi connectivity index (χ0v) is 13.7. The molecule has 2 unspecified atom stereocenters. The van der Waals surface area contributed by atoms with Crippen molar-refractivity contribution in [3.05, 3.63) is 61.5 Å². The summed E-state index contributed by atoms with van der Waals surface area (Å²) in [5, 5.41) is 6.22. The minimum Gasteiger partial charge on any atom is -0.446 e. The van der Waals surface area contributed by atoms with E-state index in [4.69, 9.17) is 4.74 Å². The van der Waals surface area contributed by atoms with Crippen LogP contribution in [0.4, 0.5) is 10.5 Å². The number of ether oxygens (including phenoxy) is 1. The minimum absolute atomic E-state index is 0.0763. The third-order valence-corrected chi connectivity index (χ3v) is 4.42. The summed E-state index contributed by atoms with van der Waals surface area (Å²) in [6.45, 7) is 5.67. The molecule has 125 valence electrons. The number of para-hydroxylation sites is 1. The second kappa shape index (κ2) is 7.97. The lowest BCUT2D eigenvalue weighted by Gasteiger charge is -2.31. The first kappa shape index (κ1) is 16.5. The normalized spacial score (nSPS) is 20.4. The number of hydrogen-bond acceptors (Lipinski definition) is 3. The van der Waals surface area contributed by atoms with Crippen LogP contribution in [0.1, 0.15) is 12.8 Å². The molecule has 2 aromatic carbocycles. The Morgan fingerprint density at radius 2 is 1.92 bits per heavy atom. The summed E-state index contributed by atoms with van der Waals surface area (Å²) in [5.41, 5.74) is 2.80. The van der Waals surface area contributed by atoms with Crippen molar-refractivity contribution in [2.24, 2.45) is 5.92 Å². The fraction of sp³-hybridized carbons (Fsp3) is 0.300. The molecule has 2 aromatic rings. The van der Waals surface area contributed by atoms with Crippen LogP contribution >= 0.6 is 0 Å². The highest BCUT2D eigenvalue weighted by Gasteiger charge is 2.27. The van der Waals surface area contributed by atoms with Gasteiger partial charge < -0.3 is 10.1 Å². The van der Waals surface area contributed by atoms with E-state index < -0.39 is 6.09 Å².